The zero-order valence-electron chi connectivity index (χ0n) is 19.1. The van der Waals surface area contributed by atoms with Crippen LogP contribution in [0.1, 0.15) is 12.0 Å². The number of para-hydroxylation sites is 2. The SMILES string of the molecule is O=C(NCCCN1CCOCC1)[C@H]1Cc2ccccc2N2CCN(c3ccccc3Cl)C[C@H]12. The third-order valence-electron chi connectivity index (χ3n) is 7.21. The molecule has 3 heterocycles. The molecule has 2 fully saturated rings. The Labute approximate surface area is 201 Å². The molecule has 6 nitrogen and oxygen atoms in total. The van der Waals surface area contributed by atoms with E-state index >= 15 is 0 Å². The van der Waals surface area contributed by atoms with Crippen molar-refractivity contribution in [2.45, 2.75) is 18.9 Å². The van der Waals surface area contributed by atoms with Gasteiger partial charge in [0.25, 0.3) is 0 Å². The molecule has 0 aromatic heterocycles. The van der Waals surface area contributed by atoms with E-state index in [4.69, 9.17) is 16.3 Å². The Bertz CT molecular complexity index is 965. The first kappa shape index (κ1) is 22.5. The Balaban J connectivity index is 1.28. The average Bonchev–Trinajstić information content (AvgIpc) is 2.86. The summed E-state index contributed by atoms with van der Waals surface area (Å²) in [7, 11) is 0. The molecule has 3 aliphatic heterocycles. The lowest BCUT2D eigenvalue weighted by Crippen LogP contribution is -2.61. The van der Waals surface area contributed by atoms with E-state index in [1.165, 1.54) is 11.3 Å². The number of ether oxygens (including phenoxy) is 1. The Hall–Kier alpha value is -2.28. The zero-order chi connectivity index (χ0) is 22.6. The molecule has 7 heteroatoms. The average molecular weight is 469 g/mol. The fourth-order valence-electron chi connectivity index (χ4n) is 5.45. The molecule has 0 bridgehead atoms. The number of morpholine rings is 1. The summed E-state index contributed by atoms with van der Waals surface area (Å²) >= 11 is 6.51. The van der Waals surface area contributed by atoms with Crippen LogP contribution < -0.4 is 15.1 Å². The highest BCUT2D eigenvalue weighted by Crippen LogP contribution is 2.38. The first-order valence-electron chi connectivity index (χ1n) is 12.1. The number of piperazine rings is 1. The number of nitrogens with one attached hydrogen (secondary N) is 1. The number of hydrogen-bond acceptors (Lipinski definition) is 5. The van der Waals surface area contributed by atoms with Gasteiger partial charge in [-0.2, -0.15) is 0 Å². The molecule has 2 aromatic rings. The minimum Gasteiger partial charge on any atom is -0.379 e. The molecule has 2 aromatic carbocycles. The van der Waals surface area contributed by atoms with Gasteiger partial charge >= 0.3 is 0 Å². The van der Waals surface area contributed by atoms with Gasteiger partial charge in [-0.15, -0.1) is 0 Å². The maximum atomic E-state index is 13.4. The minimum atomic E-state index is -0.0754. The van der Waals surface area contributed by atoms with E-state index in [0.717, 1.165) is 82.6 Å². The van der Waals surface area contributed by atoms with Crippen LogP contribution >= 0.6 is 11.6 Å². The molecule has 33 heavy (non-hydrogen) atoms. The maximum absolute atomic E-state index is 13.4. The van der Waals surface area contributed by atoms with Gasteiger partial charge in [0.1, 0.15) is 0 Å². The summed E-state index contributed by atoms with van der Waals surface area (Å²) in [6, 6.07) is 16.7. The fraction of sp³-hybridized carbons (Fsp3) is 0.500. The van der Waals surface area contributed by atoms with E-state index in [1.807, 2.05) is 18.2 Å². The molecule has 0 aliphatic carbocycles. The van der Waals surface area contributed by atoms with Crippen molar-refractivity contribution in [3.8, 4) is 0 Å². The third kappa shape index (κ3) is 4.98. The van der Waals surface area contributed by atoms with Crippen molar-refractivity contribution in [3.05, 3.63) is 59.1 Å². The predicted molar refractivity (Wildman–Crippen MR) is 133 cm³/mol. The van der Waals surface area contributed by atoms with Gasteiger partial charge in [-0.3, -0.25) is 9.69 Å². The van der Waals surface area contributed by atoms with Crippen LogP contribution in [0.5, 0.6) is 0 Å². The van der Waals surface area contributed by atoms with E-state index < -0.39 is 0 Å². The highest BCUT2D eigenvalue weighted by atomic mass is 35.5. The number of benzene rings is 2. The van der Waals surface area contributed by atoms with Gasteiger partial charge in [0.2, 0.25) is 5.91 Å². The van der Waals surface area contributed by atoms with Crippen molar-refractivity contribution in [1.29, 1.82) is 0 Å². The molecule has 1 N–H and O–H groups in total. The van der Waals surface area contributed by atoms with E-state index in [9.17, 15) is 4.79 Å². The number of halogens is 1. The number of amides is 1. The number of carbonyl (C=O) groups is 1. The molecular formula is C26H33ClN4O2. The van der Waals surface area contributed by atoms with Crippen molar-refractivity contribution in [2.24, 2.45) is 5.92 Å². The van der Waals surface area contributed by atoms with Crippen LogP contribution in [0.25, 0.3) is 0 Å². The van der Waals surface area contributed by atoms with Crippen LogP contribution in [0.2, 0.25) is 5.02 Å². The summed E-state index contributed by atoms with van der Waals surface area (Å²) in [6.07, 6.45) is 1.75. The summed E-state index contributed by atoms with van der Waals surface area (Å²) in [4.78, 5) is 20.6. The van der Waals surface area contributed by atoms with Crippen molar-refractivity contribution in [1.82, 2.24) is 10.2 Å². The predicted octanol–water partition coefficient (Wildman–Crippen LogP) is 3.05. The maximum Gasteiger partial charge on any atom is 0.225 e. The lowest BCUT2D eigenvalue weighted by atomic mass is 9.83. The smallest absolute Gasteiger partial charge is 0.225 e. The van der Waals surface area contributed by atoms with Gasteiger partial charge in [-0.1, -0.05) is 41.9 Å². The van der Waals surface area contributed by atoms with E-state index in [0.29, 0.717) is 0 Å². The van der Waals surface area contributed by atoms with Crippen LogP contribution in [0, 0.1) is 5.92 Å². The van der Waals surface area contributed by atoms with Crippen molar-refractivity contribution >= 4 is 28.9 Å². The normalized spacial score (nSPS) is 23.1. The second-order valence-electron chi connectivity index (χ2n) is 9.20. The van der Waals surface area contributed by atoms with Crippen LogP contribution in [0.3, 0.4) is 0 Å². The largest absolute Gasteiger partial charge is 0.379 e. The fourth-order valence-corrected chi connectivity index (χ4v) is 5.71. The van der Waals surface area contributed by atoms with Crippen LogP contribution in [-0.4, -0.2) is 75.9 Å². The second kappa shape index (κ2) is 10.3. The van der Waals surface area contributed by atoms with Crippen molar-refractivity contribution in [2.75, 3.05) is 68.8 Å². The molecule has 2 saturated heterocycles. The highest BCUT2D eigenvalue weighted by molar-refractivity contribution is 6.33. The lowest BCUT2D eigenvalue weighted by molar-refractivity contribution is -0.125. The monoisotopic (exact) mass is 468 g/mol. The molecule has 0 saturated carbocycles. The molecule has 0 radical (unpaired) electrons. The summed E-state index contributed by atoms with van der Waals surface area (Å²) in [6.45, 7) is 7.90. The van der Waals surface area contributed by atoms with Gasteiger partial charge in [0, 0.05) is 45.0 Å². The molecular weight excluding hydrogens is 436 g/mol. The van der Waals surface area contributed by atoms with Gasteiger partial charge in [-0.05, 0) is 43.1 Å². The van der Waals surface area contributed by atoms with E-state index in [2.05, 4.69) is 50.3 Å². The van der Waals surface area contributed by atoms with Crippen molar-refractivity contribution < 1.29 is 9.53 Å². The first-order chi connectivity index (χ1) is 16.2. The van der Waals surface area contributed by atoms with Crippen LogP contribution in [-0.2, 0) is 16.0 Å². The van der Waals surface area contributed by atoms with Gasteiger partial charge < -0.3 is 19.9 Å². The first-order valence-corrected chi connectivity index (χ1v) is 12.5. The standard InChI is InChI=1S/C26H33ClN4O2/c27-22-7-2-4-9-24(22)30-12-13-31-23-8-3-1-6-20(23)18-21(25(31)19-30)26(32)28-10-5-11-29-14-16-33-17-15-29/h1-4,6-9,21,25H,5,10-19H2,(H,28,32)/t21-,25+/m0/s1. The second-order valence-corrected chi connectivity index (χ2v) is 9.60. The number of hydrogen-bond donors (Lipinski definition) is 1. The molecule has 2 atom stereocenters. The summed E-state index contributed by atoms with van der Waals surface area (Å²) in [5.41, 5.74) is 3.61. The van der Waals surface area contributed by atoms with E-state index in [-0.39, 0.29) is 17.9 Å². The minimum absolute atomic E-state index is 0.0754. The molecule has 176 valence electrons. The number of fused-ring (bicyclic) bond motifs is 3. The lowest BCUT2D eigenvalue weighted by Gasteiger charge is -2.49. The third-order valence-corrected chi connectivity index (χ3v) is 7.53. The van der Waals surface area contributed by atoms with Gasteiger partial charge in [0.15, 0.2) is 0 Å². The topological polar surface area (TPSA) is 48.1 Å². The highest BCUT2D eigenvalue weighted by Gasteiger charge is 2.41. The van der Waals surface area contributed by atoms with Crippen LogP contribution in [0.15, 0.2) is 48.5 Å². The molecule has 3 aliphatic rings. The molecule has 5 rings (SSSR count). The quantitative estimate of drug-likeness (QED) is 0.660. The summed E-state index contributed by atoms with van der Waals surface area (Å²) in [5.74, 6) is 0.0936. The molecule has 0 unspecified atom stereocenters. The van der Waals surface area contributed by atoms with Crippen LogP contribution in [0.4, 0.5) is 11.4 Å². The number of carbonyl (C=O) groups excluding carboxylic acids is 1. The molecule has 0 spiro atoms. The Morgan fingerprint density at radius 1 is 1.00 bits per heavy atom. The Morgan fingerprint density at radius 3 is 2.58 bits per heavy atom. The number of rotatable bonds is 6. The summed E-state index contributed by atoms with van der Waals surface area (Å²) < 4.78 is 5.42. The summed E-state index contributed by atoms with van der Waals surface area (Å²) in [5, 5.41) is 4.02. The molecule has 1 amide bonds. The zero-order valence-corrected chi connectivity index (χ0v) is 19.8. The van der Waals surface area contributed by atoms with E-state index in [1.54, 1.807) is 0 Å². The number of anilines is 2. The Kier molecular flexibility index (Phi) is 7.04. The Morgan fingerprint density at radius 2 is 1.76 bits per heavy atom. The van der Waals surface area contributed by atoms with Gasteiger partial charge in [0.05, 0.1) is 35.9 Å². The number of nitrogens with zero attached hydrogens (tertiary/aromatic N) is 3. The van der Waals surface area contributed by atoms with Crippen molar-refractivity contribution in [3.63, 3.8) is 0 Å². The van der Waals surface area contributed by atoms with Gasteiger partial charge in [-0.25, -0.2) is 0 Å².